The first-order chi connectivity index (χ1) is 16.8. The average molecular weight is 494 g/mol. The fourth-order valence-electron chi connectivity index (χ4n) is 3.88. The maximum absolute atomic E-state index is 13.3. The third kappa shape index (κ3) is 5.30. The van der Waals surface area contributed by atoms with E-state index in [0.717, 1.165) is 51.1 Å². The Hall–Kier alpha value is -3.85. The fraction of sp³-hybridized carbons (Fsp3) is 0.192. The summed E-state index contributed by atoms with van der Waals surface area (Å²) in [6.07, 6.45) is 1.67. The molecule has 1 saturated heterocycles. The number of nitrogens with one attached hydrogen (secondary N) is 1. The summed E-state index contributed by atoms with van der Waals surface area (Å²) in [5, 5.41) is 1.97. The van der Waals surface area contributed by atoms with Gasteiger partial charge in [-0.3, -0.25) is 19.3 Å². The zero-order valence-corrected chi connectivity index (χ0v) is 20.3. The number of halogens is 1. The number of hydrogen-bond donors (Lipinski definition) is 1. The first-order valence-corrected chi connectivity index (χ1v) is 11.8. The normalized spacial score (nSPS) is 14.6. The number of aryl methyl sites for hydroxylation is 1. The second-order valence-corrected chi connectivity index (χ2v) is 8.91. The lowest BCUT2D eigenvalue weighted by atomic mass is 10.2. The molecule has 1 N–H and O–H groups in total. The van der Waals surface area contributed by atoms with Crippen molar-refractivity contribution in [2.24, 2.45) is 0 Å². The Labute approximate surface area is 206 Å². The van der Waals surface area contributed by atoms with Crippen molar-refractivity contribution in [2.75, 3.05) is 18.5 Å². The standard InChI is InChI=1S/C26H24FN3O4S/c1-4-34-22-10-8-21(9-11-22)30-16(2)12-18(17(30)3)13-23-25(32)29(26(33)35-23)15-24(31)28-20-7-5-6-19(27)14-20/h5-14H,4,15H2,1-3H3,(H,28,31)/b23-13+. The summed E-state index contributed by atoms with van der Waals surface area (Å²) in [6, 6.07) is 15.0. The molecule has 3 amide bonds. The Bertz CT molecular complexity index is 1330. The molecule has 0 saturated carbocycles. The predicted molar refractivity (Wildman–Crippen MR) is 134 cm³/mol. The minimum atomic E-state index is -0.590. The SMILES string of the molecule is CCOc1ccc(-n2c(C)cc(/C=C3/SC(=O)N(CC(=O)Nc4cccc(F)c4)C3=O)c2C)cc1. The zero-order valence-electron chi connectivity index (χ0n) is 19.5. The minimum absolute atomic E-state index is 0.237. The van der Waals surface area contributed by atoms with Crippen molar-refractivity contribution in [3.05, 3.63) is 82.3 Å². The van der Waals surface area contributed by atoms with Gasteiger partial charge in [0.05, 0.1) is 11.5 Å². The van der Waals surface area contributed by atoms with Crippen LogP contribution in [0, 0.1) is 19.7 Å². The van der Waals surface area contributed by atoms with E-state index >= 15 is 0 Å². The summed E-state index contributed by atoms with van der Waals surface area (Å²) in [5.74, 6) is -0.845. The van der Waals surface area contributed by atoms with E-state index in [1.54, 1.807) is 6.08 Å². The van der Waals surface area contributed by atoms with Crippen LogP contribution in [0.25, 0.3) is 11.8 Å². The Morgan fingerprint density at radius 1 is 1.11 bits per heavy atom. The van der Waals surface area contributed by atoms with E-state index in [0.29, 0.717) is 6.61 Å². The lowest BCUT2D eigenvalue weighted by Gasteiger charge is -2.12. The highest BCUT2D eigenvalue weighted by molar-refractivity contribution is 8.18. The van der Waals surface area contributed by atoms with Crippen LogP contribution in [0.2, 0.25) is 0 Å². The second-order valence-electron chi connectivity index (χ2n) is 7.92. The number of carbonyl (C=O) groups excluding carboxylic acids is 3. The number of aromatic nitrogens is 1. The quantitative estimate of drug-likeness (QED) is 0.452. The average Bonchev–Trinajstić information content (AvgIpc) is 3.24. The number of amides is 3. The molecule has 0 bridgehead atoms. The molecule has 2 aromatic carbocycles. The van der Waals surface area contributed by atoms with E-state index in [9.17, 15) is 18.8 Å². The van der Waals surface area contributed by atoms with E-state index < -0.39 is 29.4 Å². The molecule has 35 heavy (non-hydrogen) atoms. The maximum Gasteiger partial charge on any atom is 0.294 e. The van der Waals surface area contributed by atoms with Crippen LogP contribution in [-0.4, -0.2) is 39.7 Å². The Morgan fingerprint density at radius 2 is 1.86 bits per heavy atom. The van der Waals surface area contributed by atoms with Gasteiger partial charge in [0, 0.05) is 22.8 Å². The minimum Gasteiger partial charge on any atom is -0.494 e. The van der Waals surface area contributed by atoms with E-state index in [2.05, 4.69) is 9.88 Å². The number of carbonyl (C=O) groups is 3. The van der Waals surface area contributed by atoms with E-state index in [-0.39, 0.29) is 10.6 Å². The summed E-state index contributed by atoms with van der Waals surface area (Å²) >= 11 is 0.787. The number of thioether (sulfide) groups is 1. The van der Waals surface area contributed by atoms with E-state index in [1.165, 1.54) is 18.2 Å². The highest BCUT2D eigenvalue weighted by Gasteiger charge is 2.36. The highest BCUT2D eigenvalue weighted by Crippen LogP contribution is 2.34. The van der Waals surface area contributed by atoms with Gasteiger partial charge in [-0.25, -0.2) is 4.39 Å². The molecule has 1 aliphatic rings. The Morgan fingerprint density at radius 3 is 2.54 bits per heavy atom. The lowest BCUT2D eigenvalue weighted by molar-refractivity contribution is -0.127. The largest absolute Gasteiger partial charge is 0.494 e. The number of imide groups is 1. The molecule has 0 unspecified atom stereocenters. The number of benzene rings is 2. The molecule has 1 aromatic heterocycles. The number of anilines is 1. The highest BCUT2D eigenvalue weighted by atomic mass is 32.2. The summed E-state index contributed by atoms with van der Waals surface area (Å²) in [6.45, 7) is 5.96. The van der Waals surface area contributed by atoms with Gasteiger partial charge in [0.1, 0.15) is 18.1 Å². The van der Waals surface area contributed by atoms with Crippen molar-refractivity contribution in [3.63, 3.8) is 0 Å². The predicted octanol–water partition coefficient (Wildman–Crippen LogP) is 5.31. The molecule has 4 rings (SSSR count). The smallest absolute Gasteiger partial charge is 0.294 e. The number of rotatable bonds is 7. The van der Waals surface area contributed by atoms with Crippen molar-refractivity contribution in [1.82, 2.24) is 9.47 Å². The van der Waals surface area contributed by atoms with Crippen LogP contribution >= 0.6 is 11.8 Å². The molecular weight excluding hydrogens is 469 g/mol. The number of nitrogens with zero attached hydrogens (tertiary/aromatic N) is 2. The van der Waals surface area contributed by atoms with Gasteiger partial charge in [-0.2, -0.15) is 0 Å². The van der Waals surface area contributed by atoms with Gasteiger partial charge in [0.2, 0.25) is 5.91 Å². The van der Waals surface area contributed by atoms with Crippen molar-refractivity contribution < 1.29 is 23.5 Å². The van der Waals surface area contributed by atoms with Gasteiger partial charge in [0.25, 0.3) is 11.1 Å². The first kappa shape index (κ1) is 24.3. The Balaban J connectivity index is 1.51. The van der Waals surface area contributed by atoms with E-state index in [4.69, 9.17) is 4.74 Å². The maximum atomic E-state index is 13.3. The van der Waals surface area contributed by atoms with Crippen LogP contribution in [-0.2, 0) is 9.59 Å². The molecule has 180 valence electrons. The van der Waals surface area contributed by atoms with Crippen molar-refractivity contribution in [3.8, 4) is 11.4 Å². The lowest BCUT2D eigenvalue weighted by Crippen LogP contribution is -2.36. The number of hydrogen-bond acceptors (Lipinski definition) is 5. The molecule has 0 radical (unpaired) electrons. The van der Waals surface area contributed by atoms with E-state index in [1.807, 2.05) is 51.1 Å². The van der Waals surface area contributed by atoms with Gasteiger partial charge in [-0.1, -0.05) is 6.07 Å². The van der Waals surface area contributed by atoms with Crippen LogP contribution in [0.3, 0.4) is 0 Å². The van der Waals surface area contributed by atoms with Crippen LogP contribution in [0.1, 0.15) is 23.9 Å². The number of ether oxygens (including phenoxy) is 1. The molecular formula is C26H24FN3O4S. The molecule has 2 heterocycles. The second kappa shape index (κ2) is 10.2. The topological polar surface area (TPSA) is 80.6 Å². The summed E-state index contributed by atoms with van der Waals surface area (Å²) in [7, 11) is 0. The van der Waals surface area contributed by atoms with Crippen LogP contribution in [0.15, 0.2) is 59.5 Å². The van der Waals surface area contributed by atoms with Crippen LogP contribution in [0.5, 0.6) is 5.75 Å². The Kier molecular flexibility index (Phi) is 7.07. The molecule has 7 nitrogen and oxygen atoms in total. The summed E-state index contributed by atoms with van der Waals surface area (Å²) in [4.78, 5) is 38.8. The van der Waals surface area contributed by atoms with Gasteiger partial charge in [0.15, 0.2) is 0 Å². The third-order valence-electron chi connectivity index (χ3n) is 5.45. The van der Waals surface area contributed by atoms with Gasteiger partial charge >= 0.3 is 0 Å². The third-order valence-corrected chi connectivity index (χ3v) is 6.35. The molecule has 3 aromatic rings. The molecule has 1 aliphatic heterocycles. The van der Waals surface area contributed by atoms with Crippen LogP contribution in [0.4, 0.5) is 14.9 Å². The molecule has 0 atom stereocenters. The van der Waals surface area contributed by atoms with Crippen molar-refractivity contribution in [2.45, 2.75) is 20.8 Å². The first-order valence-electron chi connectivity index (χ1n) is 11.0. The fourth-order valence-corrected chi connectivity index (χ4v) is 4.71. The monoisotopic (exact) mass is 493 g/mol. The molecule has 9 heteroatoms. The van der Waals surface area contributed by atoms with Gasteiger partial charge < -0.3 is 14.6 Å². The van der Waals surface area contributed by atoms with Gasteiger partial charge in [-0.05, 0) is 92.7 Å². The zero-order chi connectivity index (χ0) is 25.1. The van der Waals surface area contributed by atoms with Gasteiger partial charge in [-0.15, -0.1) is 0 Å². The summed E-state index contributed by atoms with van der Waals surface area (Å²) in [5.41, 5.74) is 3.87. The van der Waals surface area contributed by atoms with Crippen molar-refractivity contribution in [1.29, 1.82) is 0 Å². The summed E-state index contributed by atoms with van der Waals surface area (Å²) < 4.78 is 20.9. The van der Waals surface area contributed by atoms with Crippen molar-refractivity contribution >= 4 is 40.6 Å². The van der Waals surface area contributed by atoms with Crippen LogP contribution < -0.4 is 10.1 Å². The molecule has 0 aliphatic carbocycles. The molecule has 1 fully saturated rings. The molecule has 0 spiro atoms.